The Morgan fingerprint density at radius 1 is 1.40 bits per heavy atom. The van der Waals surface area contributed by atoms with Crippen LogP contribution in [0.5, 0.6) is 0 Å². The van der Waals surface area contributed by atoms with E-state index in [1.807, 2.05) is 6.07 Å². The highest BCUT2D eigenvalue weighted by atomic mass is 19.1. The van der Waals surface area contributed by atoms with Crippen LogP contribution in [0.1, 0.15) is 25.5 Å². The second-order valence-electron chi connectivity index (χ2n) is 4.17. The van der Waals surface area contributed by atoms with Crippen LogP contribution in [0, 0.1) is 5.82 Å². The Balaban J connectivity index is 2.17. The smallest absolute Gasteiger partial charge is 0.123 e. The van der Waals surface area contributed by atoms with Crippen molar-refractivity contribution in [2.24, 2.45) is 0 Å². The van der Waals surface area contributed by atoms with Crippen molar-refractivity contribution < 1.29 is 9.13 Å². The topological polar surface area (TPSA) is 21.3 Å². The zero-order valence-electron chi connectivity index (χ0n) is 9.03. The van der Waals surface area contributed by atoms with Gasteiger partial charge in [-0.15, -0.1) is 0 Å². The van der Waals surface area contributed by atoms with Gasteiger partial charge in [-0.3, -0.25) is 0 Å². The minimum Gasteiger partial charge on any atom is -0.370 e. The molecule has 0 saturated carbocycles. The fourth-order valence-corrected chi connectivity index (χ4v) is 2.05. The minimum atomic E-state index is -0.207. The van der Waals surface area contributed by atoms with E-state index in [-0.39, 0.29) is 18.0 Å². The molecule has 15 heavy (non-hydrogen) atoms. The van der Waals surface area contributed by atoms with Gasteiger partial charge in [0.25, 0.3) is 0 Å². The third-order valence-corrected chi connectivity index (χ3v) is 2.70. The van der Waals surface area contributed by atoms with Crippen molar-refractivity contribution in [2.75, 3.05) is 6.61 Å². The summed E-state index contributed by atoms with van der Waals surface area (Å²) in [6.07, 6.45) is -0.0445. The van der Waals surface area contributed by atoms with E-state index in [1.54, 1.807) is 12.1 Å². The predicted octanol–water partition coefficient (Wildman–Crippen LogP) is 2.26. The van der Waals surface area contributed by atoms with Gasteiger partial charge in [-0.2, -0.15) is 0 Å². The van der Waals surface area contributed by atoms with E-state index >= 15 is 0 Å². The van der Waals surface area contributed by atoms with Crippen molar-refractivity contribution in [3.8, 4) is 0 Å². The van der Waals surface area contributed by atoms with Crippen LogP contribution < -0.4 is 5.32 Å². The molecule has 1 aromatic carbocycles. The van der Waals surface area contributed by atoms with E-state index in [2.05, 4.69) is 19.2 Å². The van der Waals surface area contributed by atoms with Gasteiger partial charge < -0.3 is 10.1 Å². The average Bonchev–Trinajstić information content (AvgIpc) is 2.17. The highest BCUT2D eigenvalue weighted by Crippen LogP contribution is 2.25. The van der Waals surface area contributed by atoms with E-state index in [1.165, 1.54) is 6.07 Å². The Hall–Kier alpha value is -0.930. The number of halogens is 1. The summed E-state index contributed by atoms with van der Waals surface area (Å²) >= 11 is 0. The molecule has 1 aromatic rings. The average molecular weight is 209 g/mol. The molecule has 0 aromatic heterocycles. The SMILES string of the molecule is CC1COC(c2cccc(F)c2)C(C)N1. The van der Waals surface area contributed by atoms with Crippen LogP contribution in [-0.4, -0.2) is 18.7 Å². The zero-order valence-corrected chi connectivity index (χ0v) is 9.03. The first-order valence-corrected chi connectivity index (χ1v) is 5.30. The fraction of sp³-hybridized carbons (Fsp3) is 0.500. The quantitative estimate of drug-likeness (QED) is 0.766. The highest BCUT2D eigenvalue weighted by molar-refractivity contribution is 5.20. The summed E-state index contributed by atoms with van der Waals surface area (Å²) in [4.78, 5) is 0. The molecule has 0 spiro atoms. The molecule has 2 nitrogen and oxygen atoms in total. The monoisotopic (exact) mass is 209 g/mol. The third kappa shape index (κ3) is 2.36. The number of hydrogen-bond acceptors (Lipinski definition) is 2. The number of morpholine rings is 1. The van der Waals surface area contributed by atoms with Crippen LogP contribution in [0.25, 0.3) is 0 Å². The molecule has 1 saturated heterocycles. The first-order valence-electron chi connectivity index (χ1n) is 5.30. The third-order valence-electron chi connectivity index (χ3n) is 2.70. The number of hydrogen-bond donors (Lipinski definition) is 1. The maximum atomic E-state index is 13.0. The summed E-state index contributed by atoms with van der Waals surface area (Å²) in [5, 5.41) is 3.40. The molecule has 1 heterocycles. The van der Waals surface area contributed by atoms with Crippen LogP contribution in [0.2, 0.25) is 0 Å². The van der Waals surface area contributed by atoms with Gasteiger partial charge in [-0.25, -0.2) is 4.39 Å². The lowest BCUT2D eigenvalue weighted by Gasteiger charge is -2.34. The molecule has 0 bridgehead atoms. The van der Waals surface area contributed by atoms with Crippen molar-refractivity contribution in [3.63, 3.8) is 0 Å². The van der Waals surface area contributed by atoms with Crippen molar-refractivity contribution in [2.45, 2.75) is 32.0 Å². The molecule has 2 rings (SSSR count). The molecule has 82 valence electrons. The van der Waals surface area contributed by atoms with E-state index in [0.717, 1.165) is 5.56 Å². The lowest BCUT2D eigenvalue weighted by Crippen LogP contribution is -2.47. The molecule has 0 aliphatic carbocycles. The summed E-state index contributed by atoms with van der Waals surface area (Å²) < 4.78 is 18.8. The summed E-state index contributed by atoms with van der Waals surface area (Å²) in [5.41, 5.74) is 0.905. The molecule has 1 aliphatic heterocycles. The Kier molecular flexibility index (Phi) is 3.03. The maximum absolute atomic E-state index is 13.0. The molecule has 3 atom stereocenters. The molecule has 3 unspecified atom stereocenters. The summed E-state index contributed by atoms with van der Waals surface area (Å²) in [6, 6.07) is 7.20. The largest absolute Gasteiger partial charge is 0.370 e. The predicted molar refractivity (Wildman–Crippen MR) is 57.2 cm³/mol. The summed E-state index contributed by atoms with van der Waals surface area (Å²) in [5.74, 6) is -0.207. The first-order chi connectivity index (χ1) is 7.16. The molecular weight excluding hydrogens is 193 g/mol. The first kappa shape index (κ1) is 10.6. The van der Waals surface area contributed by atoms with Crippen LogP contribution in [0.15, 0.2) is 24.3 Å². The van der Waals surface area contributed by atoms with Crippen LogP contribution in [0.3, 0.4) is 0 Å². The van der Waals surface area contributed by atoms with Gasteiger partial charge in [0.1, 0.15) is 5.82 Å². The number of ether oxygens (including phenoxy) is 1. The zero-order chi connectivity index (χ0) is 10.8. The lowest BCUT2D eigenvalue weighted by molar-refractivity contribution is -0.0208. The Morgan fingerprint density at radius 2 is 2.20 bits per heavy atom. The van der Waals surface area contributed by atoms with Crippen molar-refractivity contribution >= 4 is 0 Å². The van der Waals surface area contributed by atoms with Crippen LogP contribution >= 0.6 is 0 Å². The fourth-order valence-electron chi connectivity index (χ4n) is 2.05. The lowest BCUT2D eigenvalue weighted by atomic mass is 10.0. The minimum absolute atomic E-state index is 0.0445. The van der Waals surface area contributed by atoms with E-state index in [4.69, 9.17) is 4.74 Å². The summed E-state index contributed by atoms with van der Waals surface area (Å²) in [6.45, 7) is 4.81. The second kappa shape index (κ2) is 4.29. The Labute approximate surface area is 89.4 Å². The van der Waals surface area contributed by atoms with E-state index in [9.17, 15) is 4.39 Å². The molecule has 1 N–H and O–H groups in total. The van der Waals surface area contributed by atoms with Crippen molar-refractivity contribution in [1.29, 1.82) is 0 Å². The molecule has 1 aliphatic rings. The second-order valence-corrected chi connectivity index (χ2v) is 4.17. The van der Waals surface area contributed by atoms with Crippen molar-refractivity contribution in [3.05, 3.63) is 35.6 Å². The highest BCUT2D eigenvalue weighted by Gasteiger charge is 2.26. The standard InChI is InChI=1S/C12H16FNO/c1-8-7-15-12(9(2)14-8)10-4-3-5-11(13)6-10/h3-6,8-9,12,14H,7H2,1-2H3. The molecule has 0 radical (unpaired) electrons. The number of benzene rings is 1. The molecular formula is C12H16FNO. The van der Waals surface area contributed by atoms with Crippen LogP contribution in [0.4, 0.5) is 4.39 Å². The van der Waals surface area contributed by atoms with Gasteiger partial charge in [-0.1, -0.05) is 12.1 Å². The van der Waals surface area contributed by atoms with Gasteiger partial charge in [0, 0.05) is 12.1 Å². The Morgan fingerprint density at radius 3 is 2.87 bits per heavy atom. The molecule has 3 heteroatoms. The number of nitrogens with one attached hydrogen (secondary N) is 1. The number of rotatable bonds is 1. The van der Waals surface area contributed by atoms with Gasteiger partial charge in [0.05, 0.1) is 12.7 Å². The van der Waals surface area contributed by atoms with Gasteiger partial charge >= 0.3 is 0 Å². The maximum Gasteiger partial charge on any atom is 0.123 e. The van der Waals surface area contributed by atoms with Gasteiger partial charge in [-0.05, 0) is 31.5 Å². The van der Waals surface area contributed by atoms with E-state index < -0.39 is 0 Å². The molecule has 1 fully saturated rings. The van der Waals surface area contributed by atoms with Crippen LogP contribution in [-0.2, 0) is 4.74 Å². The normalized spacial score (nSPS) is 31.5. The van der Waals surface area contributed by atoms with E-state index in [0.29, 0.717) is 12.6 Å². The Bertz CT molecular complexity index is 342. The van der Waals surface area contributed by atoms with Crippen molar-refractivity contribution in [1.82, 2.24) is 5.32 Å². The van der Waals surface area contributed by atoms with Gasteiger partial charge in [0.15, 0.2) is 0 Å². The molecule has 0 amide bonds. The van der Waals surface area contributed by atoms with Gasteiger partial charge in [0.2, 0.25) is 0 Å². The summed E-state index contributed by atoms with van der Waals surface area (Å²) in [7, 11) is 0.